The number of aryl methyl sites for hydroxylation is 1. The number of guanidine groups is 1. The van der Waals surface area contributed by atoms with E-state index in [1.165, 1.54) is 49.2 Å². The number of nitrogens with one attached hydrogen (secondary N) is 2. The van der Waals surface area contributed by atoms with Gasteiger partial charge in [0, 0.05) is 24.5 Å². The molecule has 0 amide bonds. The Labute approximate surface area is 139 Å². The van der Waals surface area contributed by atoms with E-state index in [0.29, 0.717) is 0 Å². The summed E-state index contributed by atoms with van der Waals surface area (Å²) in [4.78, 5) is 8.63. The molecular formula is C17H30N4S. The molecule has 2 N–H and O–H groups in total. The third-order valence-electron chi connectivity index (χ3n) is 4.11. The molecule has 1 saturated heterocycles. The van der Waals surface area contributed by atoms with Gasteiger partial charge in [0.15, 0.2) is 5.96 Å². The van der Waals surface area contributed by atoms with Gasteiger partial charge in [0.2, 0.25) is 0 Å². The minimum absolute atomic E-state index is 0.766. The second-order valence-electron chi connectivity index (χ2n) is 5.90. The number of rotatable bonds is 6. The van der Waals surface area contributed by atoms with E-state index in [1.54, 1.807) is 11.3 Å². The van der Waals surface area contributed by atoms with Crippen LogP contribution >= 0.6 is 11.3 Å². The van der Waals surface area contributed by atoms with E-state index in [-0.39, 0.29) is 0 Å². The summed E-state index contributed by atoms with van der Waals surface area (Å²) in [6.07, 6.45) is 5.50. The zero-order valence-electron chi connectivity index (χ0n) is 14.0. The number of aliphatic imine (C=N–C) groups is 1. The standard InChI is InChI=1S/C17H30N4S/c1-3-18-17(20-14-16-15(2)8-13-22-16)19-9-12-21-10-6-4-5-7-11-21/h8,13H,3-7,9-12,14H2,1-2H3,(H2,18,19,20). The average Bonchev–Trinajstić information content (AvgIpc) is 2.76. The highest BCUT2D eigenvalue weighted by molar-refractivity contribution is 7.10. The van der Waals surface area contributed by atoms with Gasteiger partial charge in [-0.3, -0.25) is 0 Å². The summed E-state index contributed by atoms with van der Waals surface area (Å²) in [6.45, 7) is 10.5. The first-order valence-electron chi connectivity index (χ1n) is 8.57. The molecule has 0 spiro atoms. The van der Waals surface area contributed by atoms with Gasteiger partial charge in [-0.2, -0.15) is 0 Å². The molecule has 0 aliphatic carbocycles. The third-order valence-corrected chi connectivity index (χ3v) is 5.12. The summed E-state index contributed by atoms with van der Waals surface area (Å²) in [5.41, 5.74) is 1.34. The highest BCUT2D eigenvalue weighted by Gasteiger charge is 2.08. The highest BCUT2D eigenvalue weighted by atomic mass is 32.1. The minimum Gasteiger partial charge on any atom is -0.357 e. The van der Waals surface area contributed by atoms with Crippen LogP contribution in [0.25, 0.3) is 0 Å². The molecule has 4 nitrogen and oxygen atoms in total. The first-order chi connectivity index (χ1) is 10.8. The SMILES string of the molecule is CCNC(=NCc1sccc1C)NCCN1CCCCCC1. The Kier molecular flexibility index (Phi) is 7.74. The lowest BCUT2D eigenvalue weighted by atomic mass is 10.2. The molecule has 0 saturated carbocycles. The van der Waals surface area contributed by atoms with Crippen LogP contribution in [0.15, 0.2) is 16.4 Å². The summed E-state index contributed by atoms with van der Waals surface area (Å²) in [7, 11) is 0. The van der Waals surface area contributed by atoms with Crippen molar-refractivity contribution in [2.75, 3.05) is 32.7 Å². The molecule has 0 atom stereocenters. The average molecular weight is 323 g/mol. The molecule has 1 aromatic rings. The monoisotopic (exact) mass is 322 g/mol. The molecule has 1 fully saturated rings. The van der Waals surface area contributed by atoms with Gasteiger partial charge in [-0.25, -0.2) is 4.99 Å². The summed E-state index contributed by atoms with van der Waals surface area (Å²) in [6, 6.07) is 2.16. The van der Waals surface area contributed by atoms with E-state index >= 15 is 0 Å². The van der Waals surface area contributed by atoms with Crippen LogP contribution in [0.5, 0.6) is 0 Å². The zero-order chi connectivity index (χ0) is 15.6. The van der Waals surface area contributed by atoms with Crippen molar-refractivity contribution in [3.63, 3.8) is 0 Å². The summed E-state index contributed by atoms with van der Waals surface area (Å²) in [5, 5.41) is 8.95. The lowest BCUT2D eigenvalue weighted by Gasteiger charge is -2.20. The van der Waals surface area contributed by atoms with Crippen LogP contribution in [0.2, 0.25) is 0 Å². The van der Waals surface area contributed by atoms with Crippen molar-refractivity contribution in [1.82, 2.24) is 15.5 Å². The topological polar surface area (TPSA) is 39.7 Å². The van der Waals surface area contributed by atoms with Crippen LogP contribution in [0.3, 0.4) is 0 Å². The molecule has 2 rings (SSSR count). The Morgan fingerprint density at radius 1 is 1.23 bits per heavy atom. The maximum atomic E-state index is 4.70. The highest BCUT2D eigenvalue weighted by Crippen LogP contribution is 2.16. The number of likely N-dealkylation sites (tertiary alicyclic amines) is 1. The van der Waals surface area contributed by atoms with Gasteiger partial charge in [-0.1, -0.05) is 12.8 Å². The van der Waals surface area contributed by atoms with E-state index in [2.05, 4.69) is 40.8 Å². The molecule has 5 heteroatoms. The van der Waals surface area contributed by atoms with E-state index in [9.17, 15) is 0 Å². The van der Waals surface area contributed by atoms with Gasteiger partial charge in [-0.05, 0) is 56.8 Å². The molecule has 2 heterocycles. The zero-order valence-corrected chi connectivity index (χ0v) is 14.8. The van der Waals surface area contributed by atoms with Crippen molar-refractivity contribution < 1.29 is 0 Å². The molecular weight excluding hydrogens is 292 g/mol. The first kappa shape index (κ1) is 17.3. The van der Waals surface area contributed by atoms with Crippen LogP contribution < -0.4 is 10.6 Å². The normalized spacial score (nSPS) is 17.3. The Hall–Kier alpha value is -1.07. The summed E-state index contributed by atoms with van der Waals surface area (Å²) in [5.74, 6) is 0.935. The minimum atomic E-state index is 0.766. The van der Waals surface area contributed by atoms with Gasteiger partial charge < -0.3 is 15.5 Å². The van der Waals surface area contributed by atoms with E-state index in [0.717, 1.165) is 32.1 Å². The van der Waals surface area contributed by atoms with Crippen LogP contribution in [-0.2, 0) is 6.54 Å². The largest absolute Gasteiger partial charge is 0.357 e. The second kappa shape index (κ2) is 9.85. The summed E-state index contributed by atoms with van der Waals surface area (Å²) < 4.78 is 0. The van der Waals surface area contributed by atoms with E-state index in [1.807, 2.05) is 0 Å². The van der Waals surface area contributed by atoms with Gasteiger partial charge in [0.05, 0.1) is 6.54 Å². The van der Waals surface area contributed by atoms with E-state index < -0.39 is 0 Å². The molecule has 1 aromatic heterocycles. The molecule has 0 radical (unpaired) electrons. The molecule has 0 unspecified atom stereocenters. The van der Waals surface area contributed by atoms with Crippen molar-refractivity contribution in [3.05, 3.63) is 21.9 Å². The predicted octanol–water partition coefficient (Wildman–Crippen LogP) is 2.99. The van der Waals surface area contributed by atoms with Crippen LogP contribution in [0, 0.1) is 6.92 Å². The quantitative estimate of drug-likeness (QED) is 0.625. The van der Waals surface area contributed by atoms with Crippen LogP contribution in [-0.4, -0.2) is 43.6 Å². The second-order valence-corrected chi connectivity index (χ2v) is 6.91. The lowest BCUT2D eigenvalue weighted by molar-refractivity contribution is 0.289. The smallest absolute Gasteiger partial charge is 0.191 e. The third kappa shape index (κ3) is 5.97. The van der Waals surface area contributed by atoms with Crippen molar-refractivity contribution in [2.24, 2.45) is 4.99 Å². The molecule has 0 bridgehead atoms. The number of nitrogens with zero attached hydrogens (tertiary/aromatic N) is 2. The fourth-order valence-corrected chi connectivity index (χ4v) is 3.58. The molecule has 124 valence electrons. The Balaban J connectivity index is 1.76. The fourth-order valence-electron chi connectivity index (χ4n) is 2.75. The van der Waals surface area contributed by atoms with Gasteiger partial charge in [0.25, 0.3) is 0 Å². The van der Waals surface area contributed by atoms with Crippen molar-refractivity contribution in [3.8, 4) is 0 Å². The number of thiophene rings is 1. The molecule has 0 aromatic carbocycles. The van der Waals surface area contributed by atoms with Crippen molar-refractivity contribution >= 4 is 17.3 Å². The molecule has 1 aliphatic rings. The number of hydrogen-bond acceptors (Lipinski definition) is 3. The van der Waals surface area contributed by atoms with Gasteiger partial charge in [0.1, 0.15) is 0 Å². The maximum absolute atomic E-state index is 4.70. The van der Waals surface area contributed by atoms with Gasteiger partial charge >= 0.3 is 0 Å². The Morgan fingerprint density at radius 2 is 2.00 bits per heavy atom. The van der Waals surface area contributed by atoms with Crippen LogP contribution in [0.1, 0.15) is 43.0 Å². The Morgan fingerprint density at radius 3 is 2.64 bits per heavy atom. The van der Waals surface area contributed by atoms with Crippen molar-refractivity contribution in [1.29, 1.82) is 0 Å². The fraction of sp³-hybridized carbons (Fsp3) is 0.706. The van der Waals surface area contributed by atoms with E-state index in [4.69, 9.17) is 4.99 Å². The maximum Gasteiger partial charge on any atom is 0.191 e. The van der Waals surface area contributed by atoms with Crippen molar-refractivity contribution in [2.45, 2.75) is 46.1 Å². The molecule has 22 heavy (non-hydrogen) atoms. The predicted molar refractivity (Wildman–Crippen MR) is 96.8 cm³/mol. The van der Waals surface area contributed by atoms with Crippen LogP contribution in [0.4, 0.5) is 0 Å². The Bertz CT molecular complexity index is 447. The lowest BCUT2D eigenvalue weighted by Crippen LogP contribution is -2.41. The first-order valence-corrected chi connectivity index (χ1v) is 9.45. The molecule has 1 aliphatic heterocycles. The summed E-state index contributed by atoms with van der Waals surface area (Å²) >= 11 is 1.79. The van der Waals surface area contributed by atoms with Gasteiger partial charge in [-0.15, -0.1) is 11.3 Å². The number of hydrogen-bond donors (Lipinski definition) is 2.